The van der Waals surface area contributed by atoms with Crippen LogP contribution in [0.2, 0.25) is 0 Å². The van der Waals surface area contributed by atoms with E-state index < -0.39 is 0 Å². The van der Waals surface area contributed by atoms with Crippen LogP contribution in [0.4, 0.5) is 5.69 Å². The summed E-state index contributed by atoms with van der Waals surface area (Å²) in [6, 6.07) is 4.16. The van der Waals surface area contributed by atoms with Gasteiger partial charge in [0, 0.05) is 5.69 Å². The molecule has 0 bridgehead atoms. The van der Waals surface area contributed by atoms with Gasteiger partial charge in [0.05, 0.1) is 6.04 Å². The molecule has 1 aliphatic heterocycles. The maximum Gasteiger partial charge on any atom is 0.241 e. The van der Waals surface area contributed by atoms with Crippen LogP contribution in [0.1, 0.15) is 36.5 Å². The van der Waals surface area contributed by atoms with Gasteiger partial charge < -0.3 is 10.6 Å². The standard InChI is InChI=1S/C16H24N2O/c1-10-8-12(3)14(13(4)9-10)18-16(19)15-11(2)6-5-7-17-15/h8-9,11,15,17H,5-7H2,1-4H3,(H,18,19). The van der Waals surface area contributed by atoms with Crippen molar-refractivity contribution >= 4 is 11.6 Å². The van der Waals surface area contributed by atoms with Crippen LogP contribution in [0.5, 0.6) is 0 Å². The number of benzene rings is 1. The molecule has 0 radical (unpaired) electrons. The van der Waals surface area contributed by atoms with Gasteiger partial charge in [-0.2, -0.15) is 0 Å². The van der Waals surface area contributed by atoms with E-state index >= 15 is 0 Å². The molecule has 0 spiro atoms. The number of carbonyl (C=O) groups is 1. The third-order valence-corrected chi connectivity index (χ3v) is 3.98. The molecule has 104 valence electrons. The minimum atomic E-state index is -0.0612. The van der Waals surface area contributed by atoms with E-state index in [0.717, 1.165) is 36.2 Å². The molecule has 1 amide bonds. The van der Waals surface area contributed by atoms with Gasteiger partial charge in [-0.15, -0.1) is 0 Å². The van der Waals surface area contributed by atoms with Crippen molar-refractivity contribution in [1.29, 1.82) is 0 Å². The van der Waals surface area contributed by atoms with Gasteiger partial charge in [0.2, 0.25) is 5.91 Å². The molecule has 1 aliphatic rings. The summed E-state index contributed by atoms with van der Waals surface area (Å²) in [6.07, 6.45) is 2.28. The van der Waals surface area contributed by atoms with E-state index in [9.17, 15) is 4.79 Å². The smallest absolute Gasteiger partial charge is 0.241 e. The molecule has 0 saturated carbocycles. The Kier molecular flexibility index (Phi) is 4.25. The monoisotopic (exact) mass is 260 g/mol. The van der Waals surface area contributed by atoms with Crippen molar-refractivity contribution in [2.24, 2.45) is 5.92 Å². The summed E-state index contributed by atoms with van der Waals surface area (Å²) >= 11 is 0. The highest BCUT2D eigenvalue weighted by Crippen LogP contribution is 2.23. The molecule has 3 nitrogen and oxygen atoms in total. The Hall–Kier alpha value is -1.35. The molecular weight excluding hydrogens is 236 g/mol. The second-order valence-electron chi connectivity index (χ2n) is 5.81. The van der Waals surface area contributed by atoms with Crippen LogP contribution in [0.3, 0.4) is 0 Å². The van der Waals surface area contributed by atoms with Gasteiger partial charge in [-0.3, -0.25) is 4.79 Å². The maximum absolute atomic E-state index is 12.4. The molecule has 1 saturated heterocycles. The van der Waals surface area contributed by atoms with Crippen molar-refractivity contribution in [2.75, 3.05) is 11.9 Å². The largest absolute Gasteiger partial charge is 0.324 e. The average molecular weight is 260 g/mol. The van der Waals surface area contributed by atoms with Gasteiger partial charge in [0.1, 0.15) is 0 Å². The summed E-state index contributed by atoms with van der Waals surface area (Å²) in [7, 11) is 0. The molecule has 0 aliphatic carbocycles. The zero-order chi connectivity index (χ0) is 14.0. The second-order valence-corrected chi connectivity index (χ2v) is 5.81. The molecule has 1 aromatic rings. The molecule has 0 aromatic heterocycles. The predicted octanol–water partition coefficient (Wildman–Crippen LogP) is 2.94. The fourth-order valence-corrected chi connectivity index (χ4v) is 2.98. The van der Waals surface area contributed by atoms with E-state index in [2.05, 4.69) is 36.6 Å². The van der Waals surface area contributed by atoms with Gasteiger partial charge in [-0.05, 0) is 57.2 Å². The third kappa shape index (κ3) is 3.16. The van der Waals surface area contributed by atoms with Gasteiger partial charge in [0.15, 0.2) is 0 Å². The van der Waals surface area contributed by atoms with Crippen LogP contribution in [0.15, 0.2) is 12.1 Å². The van der Waals surface area contributed by atoms with Crippen LogP contribution < -0.4 is 10.6 Å². The molecule has 2 unspecified atom stereocenters. The molecule has 2 atom stereocenters. The quantitative estimate of drug-likeness (QED) is 0.858. The average Bonchev–Trinajstić information content (AvgIpc) is 2.34. The van der Waals surface area contributed by atoms with E-state index in [1.807, 2.05) is 13.8 Å². The predicted molar refractivity (Wildman–Crippen MR) is 79.5 cm³/mol. The first-order valence-electron chi connectivity index (χ1n) is 7.11. The molecule has 2 rings (SSSR count). The van der Waals surface area contributed by atoms with E-state index in [-0.39, 0.29) is 11.9 Å². The third-order valence-electron chi connectivity index (χ3n) is 3.98. The van der Waals surface area contributed by atoms with Crippen molar-refractivity contribution < 1.29 is 4.79 Å². The molecule has 1 aromatic carbocycles. The lowest BCUT2D eigenvalue weighted by atomic mass is 9.92. The maximum atomic E-state index is 12.4. The van der Waals surface area contributed by atoms with Crippen molar-refractivity contribution in [3.05, 3.63) is 28.8 Å². The SMILES string of the molecule is Cc1cc(C)c(NC(=O)C2NCCCC2C)c(C)c1. The molecule has 1 fully saturated rings. The van der Waals surface area contributed by atoms with E-state index in [1.165, 1.54) is 5.56 Å². The number of hydrogen-bond acceptors (Lipinski definition) is 2. The lowest BCUT2D eigenvalue weighted by Crippen LogP contribution is -2.48. The van der Waals surface area contributed by atoms with E-state index in [4.69, 9.17) is 0 Å². The Morgan fingerprint density at radius 2 is 1.89 bits per heavy atom. The molecular formula is C16H24N2O. The van der Waals surface area contributed by atoms with Crippen LogP contribution in [0, 0.1) is 26.7 Å². The topological polar surface area (TPSA) is 41.1 Å². The summed E-state index contributed by atoms with van der Waals surface area (Å²) in [6.45, 7) is 9.26. The zero-order valence-corrected chi connectivity index (χ0v) is 12.3. The van der Waals surface area contributed by atoms with Crippen LogP contribution in [-0.4, -0.2) is 18.5 Å². The van der Waals surface area contributed by atoms with Crippen LogP contribution in [0.25, 0.3) is 0 Å². The summed E-state index contributed by atoms with van der Waals surface area (Å²) in [5, 5.41) is 6.43. The number of piperidine rings is 1. The summed E-state index contributed by atoms with van der Waals surface area (Å²) in [5.74, 6) is 0.502. The number of nitrogens with one attached hydrogen (secondary N) is 2. The second kappa shape index (κ2) is 5.74. The van der Waals surface area contributed by atoms with Gasteiger partial charge >= 0.3 is 0 Å². The van der Waals surface area contributed by atoms with Crippen molar-refractivity contribution in [3.8, 4) is 0 Å². The number of rotatable bonds is 2. The zero-order valence-electron chi connectivity index (χ0n) is 12.3. The highest BCUT2D eigenvalue weighted by molar-refractivity contribution is 5.96. The normalized spacial score (nSPS) is 23.2. The number of carbonyl (C=O) groups excluding carboxylic acids is 1. The first-order chi connectivity index (χ1) is 8.99. The minimum Gasteiger partial charge on any atom is -0.324 e. The van der Waals surface area contributed by atoms with Crippen molar-refractivity contribution in [2.45, 2.75) is 46.6 Å². The Morgan fingerprint density at radius 3 is 2.47 bits per heavy atom. The van der Waals surface area contributed by atoms with Crippen LogP contribution in [-0.2, 0) is 4.79 Å². The first kappa shape index (κ1) is 14.1. The highest BCUT2D eigenvalue weighted by atomic mass is 16.2. The lowest BCUT2D eigenvalue weighted by Gasteiger charge is -2.29. The van der Waals surface area contributed by atoms with E-state index in [0.29, 0.717) is 5.92 Å². The Morgan fingerprint density at radius 1 is 1.26 bits per heavy atom. The fraction of sp³-hybridized carbons (Fsp3) is 0.562. The molecule has 2 N–H and O–H groups in total. The summed E-state index contributed by atoms with van der Waals surface area (Å²) < 4.78 is 0. The molecule has 19 heavy (non-hydrogen) atoms. The van der Waals surface area contributed by atoms with Gasteiger partial charge in [-0.25, -0.2) is 0 Å². The first-order valence-corrected chi connectivity index (χ1v) is 7.11. The van der Waals surface area contributed by atoms with E-state index in [1.54, 1.807) is 0 Å². The Balaban J connectivity index is 2.14. The number of amides is 1. The Labute approximate surface area is 115 Å². The van der Waals surface area contributed by atoms with Crippen LogP contribution >= 0.6 is 0 Å². The van der Waals surface area contributed by atoms with Gasteiger partial charge in [-0.1, -0.05) is 24.6 Å². The lowest BCUT2D eigenvalue weighted by molar-refractivity contribution is -0.119. The van der Waals surface area contributed by atoms with Crippen molar-refractivity contribution in [3.63, 3.8) is 0 Å². The number of aryl methyl sites for hydroxylation is 3. The summed E-state index contributed by atoms with van der Waals surface area (Å²) in [4.78, 5) is 12.4. The summed E-state index contributed by atoms with van der Waals surface area (Å²) in [5.41, 5.74) is 4.47. The number of hydrogen-bond donors (Lipinski definition) is 2. The molecule has 3 heteroatoms. The Bertz CT molecular complexity index is 459. The fourth-order valence-electron chi connectivity index (χ4n) is 2.98. The van der Waals surface area contributed by atoms with Gasteiger partial charge in [0.25, 0.3) is 0 Å². The highest BCUT2D eigenvalue weighted by Gasteiger charge is 2.27. The number of anilines is 1. The molecule has 1 heterocycles. The minimum absolute atomic E-state index is 0.0612. The van der Waals surface area contributed by atoms with Crippen molar-refractivity contribution in [1.82, 2.24) is 5.32 Å².